The highest BCUT2D eigenvalue weighted by molar-refractivity contribution is 5.95. The fraction of sp³-hybridized carbons (Fsp3) is 0.235. The van der Waals surface area contributed by atoms with E-state index < -0.39 is 0 Å². The van der Waals surface area contributed by atoms with Crippen LogP contribution >= 0.6 is 0 Å². The van der Waals surface area contributed by atoms with Gasteiger partial charge in [-0.15, -0.1) is 0 Å². The maximum Gasteiger partial charge on any atom is 0.254 e. The molecule has 0 radical (unpaired) electrons. The average molecular weight is 284 g/mol. The van der Waals surface area contributed by atoms with Gasteiger partial charge >= 0.3 is 0 Å². The molecule has 0 aliphatic carbocycles. The van der Waals surface area contributed by atoms with E-state index >= 15 is 0 Å². The highest BCUT2D eigenvalue weighted by Gasteiger charge is 2.16. The van der Waals surface area contributed by atoms with E-state index in [1.54, 1.807) is 30.2 Å². The number of ether oxygens (including phenoxy) is 1. The molecule has 0 atom stereocenters. The van der Waals surface area contributed by atoms with Crippen LogP contribution in [0.5, 0.6) is 5.75 Å². The minimum atomic E-state index is -0.0491. The van der Waals surface area contributed by atoms with Gasteiger partial charge in [0.25, 0.3) is 5.91 Å². The summed E-state index contributed by atoms with van der Waals surface area (Å²) < 4.78 is 5.17. The van der Waals surface area contributed by atoms with Crippen LogP contribution in [0.3, 0.4) is 0 Å². The summed E-state index contributed by atoms with van der Waals surface area (Å²) in [7, 11) is 1.56. The number of hydrogen-bond donors (Lipinski definition) is 1. The van der Waals surface area contributed by atoms with Crippen molar-refractivity contribution >= 4 is 11.6 Å². The summed E-state index contributed by atoms with van der Waals surface area (Å²) in [4.78, 5) is 14.4. The molecule has 0 unspecified atom stereocenters. The van der Waals surface area contributed by atoms with Gasteiger partial charge in [0, 0.05) is 30.4 Å². The average Bonchev–Trinajstić information content (AvgIpc) is 2.52. The molecule has 1 amide bonds. The molecular formula is C17H20N2O2. The van der Waals surface area contributed by atoms with E-state index in [0.717, 1.165) is 5.56 Å². The Hall–Kier alpha value is -2.49. The maximum absolute atomic E-state index is 12.6. The van der Waals surface area contributed by atoms with Gasteiger partial charge in [-0.1, -0.05) is 30.3 Å². The monoisotopic (exact) mass is 284 g/mol. The SMILES string of the molecule is CCN(Cc1ccccc1)C(=O)c1cc(N)cc(OC)c1. The van der Waals surface area contributed by atoms with Crippen molar-refractivity contribution in [2.45, 2.75) is 13.5 Å². The van der Waals surface area contributed by atoms with Crippen LogP contribution < -0.4 is 10.5 Å². The standard InChI is InChI=1S/C17H20N2O2/c1-3-19(12-13-7-5-4-6-8-13)17(20)14-9-15(18)11-16(10-14)21-2/h4-11H,3,12,18H2,1-2H3. The van der Waals surface area contributed by atoms with Crippen LogP contribution in [-0.2, 0) is 6.54 Å². The van der Waals surface area contributed by atoms with Crippen LogP contribution in [0.4, 0.5) is 5.69 Å². The van der Waals surface area contributed by atoms with Crippen molar-refractivity contribution in [3.8, 4) is 5.75 Å². The van der Waals surface area contributed by atoms with Crippen molar-refractivity contribution in [2.24, 2.45) is 0 Å². The molecule has 21 heavy (non-hydrogen) atoms. The number of nitrogens with two attached hydrogens (primary N) is 1. The summed E-state index contributed by atoms with van der Waals surface area (Å²) in [6, 6.07) is 15.0. The second kappa shape index (κ2) is 6.79. The summed E-state index contributed by atoms with van der Waals surface area (Å²) >= 11 is 0. The van der Waals surface area contributed by atoms with Crippen LogP contribution in [0.2, 0.25) is 0 Å². The molecule has 0 bridgehead atoms. The molecule has 2 aromatic rings. The smallest absolute Gasteiger partial charge is 0.254 e. The van der Waals surface area contributed by atoms with Crippen LogP contribution in [0.15, 0.2) is 48.5 Å². The Kier molecular flexibility index (Phi) is 4.82. The summed E-state index contributed by atoms with van der Waals surface area (Å²) in [5.74, 6) is 0.543. The van der Waals surface area contributed by atoms with Crippen LogP contribution in [-0.4, -0.2) is 24.5 Å². The molecule has 0 saturated carbocycles. The second-order valence-corrected chi connectivity index (χ2v) is 4.80. The van der Waals surface area contributed by atoms with Crippen LogP contribution in [0.25, 0.3) is 0 Å². The van der Waals surface area contributed by atoms with Crippen molar-refractivity contribution < 1.29 is 9.53 Å². The van der Waals surface area contributed by atoms with Gasteiger partial charge < -0.3 is 15.4 Å². The Balaban J connectivity index is 2.22. The number of amides is 1. The lowest BCUT2D eigenvalue weighted by Crippen LogP contribution is -2.30. The molecule has 0 fully saturated rings. The lowest BCUT2D eigenvalue weighted by atomic mass is 10.1. The van der Waals surface area contributed by atoms with Gasteiger partial charge in [0.05, 0.1) is 7.11 Å². The lowest BCUT2D eigenvalue weighted by Gasteiger charge is -2.21. The van der Waals surface area contributed by atoms with Gasteiger partial charge in [-0.2, -0.15) is 0 Å². The highest BCUT2D eigenvalue weighted by Crippen LogP contribution is 2.20. The molecule has 110 valence electrons. The van der Waals surface area contributed by atoms with Crippen LogP contribution in [0.1, 0.15) is 22.8 Å². The van der Waals surface area contributed by atoms with Gasteiger partial charge in [0.15, 0.2) is 0 Å². The lowest BCUT2D eigenvalue weighted by molar-refractivity contribution is 0.0752. The summed E-state index contributed by atoms with van der Waals surface area (Å²) in [5.41, 5.74) is 7.98. The molecule has 0 heterocycles. The van der Waals surface area contributed by atoms with Crippen molar-refractivity contribution in [2.75, 3.05) is 19.4 Å². The highest BCUT2D eigenvalue weighted by atomic mass is 16.5. The van der Waals surface area contributed by atoms with E-state index in [2.05, 4.69) is 0 Å². The van der Waals surface area contributed by atoms with E-state index in [1.165, 1.54) is 0 Å². The predicted octanol–water partition coefficient (Wildman–Crippen LogP) is 2.94. The fourth-order valence-corrected chi connectivity index (χ4v) is 2.18. The zero-order valence-corrected chi connectivity index (χ0v) is 12.4. The van der Waals surface area contributed by atoms with E-state index in [1.807, 2.05) is 37.3 Å². The number of methoxy groups -OCH3 is 1. The van der Waals surface area contributed by atoms with Crippen molar-refractivity contribution in [3.63, 3.8) is 0 Å². The Bertz CT molecular complexity index is 611. The molecular weight excluding hydrogens is 264 g/mol. The van der Waals surface area contributed by atoms with Gasteiger partial charge in [0.1, 0.15) is 5.75 Å². The molecule has 0 saturated heterocycles. The summed E-state index contributed by atoms with van der Waals surface area (Å²) in [6.45, 7) is 3.17. The predicted molar refractivity (Wildman–Crippen MR) is 84.3 cm³/mol. The summed E-state index contributed by atoms with van der Waals surface area (Å²) in [6.07, 6.45) is 0. The molecule has 2 rings (SSSR count). The number of rotatable bonds is 5. The first-order valence-electron chi connectivity index (χ1n) is 6.91. The molecule has 4 heteroatoms. The van der Waals surface area contributed by atoms with E-state index in [-0.39, 0.29) is 5.91 Å². The molecule has 0 aliphatic heterocycles. The van der Waals surface area contributed by atoms with E-state index in [0.29, 0.717) is 30.1 Å². The Morgan fingerprint density at radius 2 is 1.90 bits per heavy atom. The first-order chi connectivity index (χ1) is 10.1. The quantitative estimate of drug-likeness (QED) is 0.859. The minimum absolute atomic E-state index is 0.0491. The second-order valence-electron chi connectivity index (χ2n) is 4.80. The largest absolute Gasteiger partial charge is 0.497 e. The van der Waals surface area contributed by atoms with Crippen molar-refractivity contribution in [1.82, 2.24) is 4.90 Å². The number of nitrogens with zero attached hydrogens (tertiary/aromatic N) is 1. The number of nitrogen functional groups attached to an aromatic ring is 1. The number of carbonyl (C=O) groups excluding carboxylic acids is 1. The molecule has 2 N–H and O–H groups in total. The number of carbonyl (C=O) groups is 1. The normalized spacial score (nSPS) is 10.2. The first kappa shape index (κ1) is 14.9. The number of anilines is 1. The number of hydrogen-bond acceptors (Lipinski definition) is 3. The Labute approximate surface area is 125 Å². The topological polar surface area (TPSA) is 55.6 Å². The minimum Gasteiger partial charge on any atom is -0.497 e. The van der Waals surface area contributed by atoms with Gasteiger partial charge in [-0.25, -0.2) is 0 Å². The van der Waals surface area contributed by atoms with Crippen molar-refractivity contribution in [3.05, 3.63) is 59.7 Å². The molecule has 0 aliphatic rings. The Morgan fingerprint density at radius 1 is 1.19 bits per heavy atom. The molecule has 0 aromatic heterocycles. The third kappa shape index (κ3) is 3.75. The number of benzene rings is 2. The van der Waals surface area contributed by atoms with Gasteiger partial charge in [-0.05, 0) is 24.6 Å². The zero-order valence-electron chi connectivity index (χ0n) is 12.4. The molecule has 2 aromatic carbocycles. The Morgan fingerprint density at radius 3 is 2.52 bits per heavy atom. The molecule has 0 spiro atoms. The summed E-state index contributed by atoms with van der Waals surface area (Å²) in [5, 5.41) is 0. The third-order valence-corrected chi connectivity index (χ3v) is 3.30. The zero-order chi connectivity index (χ0) is 15.2. The van der Waals surface area contributed by atoms with Crippen LogP contribution in [0, 0.1) is 0 Å². The van der Waals surface area contributed by atoms with Gasteiger partial charge in [0.2, 0.25) is 0 Å². The maximum atomic E-state index is 12.6. The van der Waals surface area contributed by atoms with E-state index in [4.69, 9.17) is 10.5 Å². The van der Waals surface area contributed by atoms with Gasteiger partial charge in [-0.3, -0.25) is 4.79 Å². The molecule has 4 nitrogen and oxygen atoms in total. The third-order valence-electron chi connectivity index (χ3n) is 3.30. The van der Waals surface area contributed by atoms with E-state index in [9.17, 15) is 4.79 Å². The van der Waals surface area contributed by atoms with Crippen molar-refractivity contribution in [1.29, 1.82) is 0 Å². The first-order valence-corrected chi connectivity index (χ1v) is 6.91. The fourth-order valence-electron chi connectivity index (χ4n) is 2.18.